The fourth-order valence-electron chi connectivity index (χ4n) is 3.03. The van der Waals surface area contributed by atoms with Crippen molar-refractivity contribution in [3.8, 4) is 0 Å². The molecule has 8 nitrogen and oxygen atoms in total. The summed E-state index contributed by atoms with van der Waals surface area (Å²) in [7, 11) is 1.40. The van der Waals surface area contributed by atoms with E-state index in [1.807, 2.05) is 0 Å². The largest absolute Gasteiger partial charge is 0.390 e. The van der Waals surface area contributed by atoms with Gasteiger partial charge in [0.15, 0.2) is 0 Å². The molecule has 0 saturated heterocycles. The van der Waals surface area contributed by atoms with Crippen molar-refractivity contribution in [2.24, 2.45) is 0 Å². The van der Waals surface area contributed by atoms with Gasteiger partial charge in [-0.3, -0.25) is 18.7 Å². The molecule has 0 atom stereocenters. The molecular formula is C17H19F3N4O4S. The summed E-state index contributed by atoms with van der Waals surface area (Å²) in [6.07, 6.45) is -4.19. The van der Waals surface area contributed by atoms with Gasteiger partial charge in [0, 0.05) is 30.8 Å². The lowest BCUT2D eigenvalue weighted by Crippen LogP contribution is -2.41. The Kier molecular flexibility index (Phi) is 5.85. The molecule has 0 aliphatic heterocycles. The summed E-state index contributed by atoms with van der Waals surface area (Å²) in [5.41, 5.74) is -1.14. The first-order valence-corrected chi connectivity index (χ1v) is 9.51. The molecule has 3 rings (SSSR count). The third-order valence-electron chi connectivity index (χ3n) is 4.55. The number of aromatic amines is 1. The summed E-state index contributed by atoms with van der Waals surface area (Å²) < 4.78 is 46.5. The number of H-pyrrole nitrogens is 1. The van der Waals surface area contributed by atoms with E-state index in [4.69, 9.17) is 4.74 Å². The third-order valence-corrected chi connectivity index (χ3v) is 5.85. The van der Waals surface area contributed by atoms with Gasteiger partial charge in [0.2, 0.25) is 0 Å². The van der Waals surface area contributed by atoms with Gasteiger partial charge >= 0.3 is 11.9 Å². The monoisotopic (exact) mass is 432 g/mol. The second kappa shape index (κ2) is 8.03. The molecule has 0 aliphatic carbocycles. The molecular weight excluding hydrogens is 413 g/mol. The van der Waals surface area contributed by atoms with Crippen molar-refractivity contribution < 1.29 is 17.9 Å². The van der Waals surface area contributed by atoms with Crippen LogP contribution in [0.2, 0.25) is 0 Å². The number of rotatable bonds is 7. The molecule has 0 bridgehead atoms. The first-order chi connectivity index (χ1) is 13.6. The van der Waals surface area contributed by atoms with Gasteiger partial charge in [-0.1, -0.05) is 0 Å². The number of nitrogens with zero attached hydrogens (tertiary/aromatic N) is 3. The molecule has 29 heavy (non-hydrogen) atoms. The molecule has 3 heterocycles. The maximum atomic E-state index is 12.9. The number of alkyl halides is 3. The minimum absolute atomic E-state index is 0.0633. The Hall–Kier alpha value is -2.60. The quantitative estimate of drug-likeness (QED) is 0.615. The van der Waals surface area contributed by atoms with Crippen LogP contribution in [0.15, 0.2) is 26.6 Å². The predicted molar refractivity (Wildman–Crippen MR) is 102 cm³/mol. The van der Waals surface area contributed by atoms with Gasteiger partial charge in [-0.05, 0) is 12.5 Å². The van der Waals surface area contributed by atoms with Gasteiger partial charge < -0.3 is 9.84 Å². The molecule has 0 aliphatic rings. The molecule has 1 N–H and O–H groups in total. The van der Waals surface area contributed by atoms with E-state index >= 15 is 0 Å². The van der Waals surface area contributed by atoms with E-state index in [2.05, 4.69) is 5.10 Å². The van der Waals surface area contributed by atoms with Gasteiger partial charge in [-0.25, -0.2) is 9.48 Å². The lowest BCUT2D eigenvalue weighted by molar-refractivity contribution is -0.136. The maximum absolute atomic E-state index is 12.9. The second-order valence-corrected chi connectivity index (χ2v) is 7.55. The van der Waals surface area contributed by atoms with Crippen LogP contribution in [0.5, 0.6) is 0 Å². The Morgan fingerprint density at radius 3 is 2.48 bits per heavy atom. The number of ether oxygens (including phenoxy) is 1. The fraction of sp³-hybridized carbons (Fsp3) is 0.471. The molecule has 0 fully saturated rings. The van der Waals surface area contributed by atoms with Crippen LogP contribution in [0.4, 0.5) is 13.2 Å². The van der Waals surface area contributed by atoms with Crippen LogP contribution in [0.25, 0.3) is 10.2 Å². The van der Waals surface area contributed by atoms with Gasteiger partial charge in [-0.2, -0.15) is 13.2 Å². The third kappa shape index (κ3) is 4.22. The van der Waals surface area contributed by atoms with Gasteiger partial charge in [0.25, 0.3) is 11.1 Å². The highest BCUT2D eigenvalue weighted by molar-refractivity contribution is 7.18. The smallest absolute Gasteiger partial charge is 0.383 e. The van der Waals surface area contributed by atoms with E-state index in [-0.39, 0.29) is 35.5 Å². The Labute approximate surface area is 165 Å². The predicted octanol–water partition coefficient (Wildman–Crippen LogP) is 1.67. The Morgan fingerprint density at radius 2 is 1.90 bits per heavy atom. The number of methoxy groups -OCH3 is 1. The number of hydrogen-bond donors (Lipinski definition) is 1. The van der Waals surface area contributed by atoms with Crippen LogP contribution in [0.1, 0.15) is 16.9 Å². The highest BCUT2D eigenvalue weighted by atomic mass is 32.1. The van der Waals surface area contributed by atoms with Crippen molar-refractivity contribution in [3.63, 3.8) is 0 Å². The summed E-state index contributed by atoms with van der Waals surface area (Å²) >= 11 is 1.04. The maximum Gasteiger partial charge on any atom is 0.390 e. The number of aromatic nitrogens is 4. The number of fused-ring (bicyclic) bond motifs is 1. The van der Waals surface area contributed by atoms with Crippen LogP contribution >= 0.6 is 11.3 Å². The van der Waals surface area contributed by atoms with E-state index < -0.39 is 30.4 Å². The lowest BCUT2D eigenvalue weighted by Gasteiger charge is -2.13. The highest BCUT2D eigenvalue weighted by Crippen LogP contribution is 2.29. The van der Waals surface area contributed by atoms with Crippen molar-refractivity contribution in [2.45, 2.75) is 39.2 Å². The van der Waals surface area contributed by atoms with E-state index in [0.29, 0.717) is 10.4 Å². The van der Waals surface area contributed by atoms with Crippen molar-refractivity contribution in [2.75, 3.05) is 13.7 Å². The van der Waals surface area contributed by atoms with E-state index in [1.165, 1.54) is 24.1 Å². The molecule has 0 unspecified atom stereocenters. The van der Waals surface area contributed by atoms with Crippen LogP contribution in [0.3, 0.4) is 0 Å². The number of hydrogen-bond acceptors (Lipinski definition) is 5. The number of aryl methyl sites for hydroxylation is 2. The van der Waals surface area contributed by atoms with Gasteiger partial charge in [0.1, 0.15) is 4.83 Å². The minimum atomic E-state index is -4.45. The average Bonchev–Trinajstić information content (AvgIpc) is 3.18. The van der Waals surface area contributed by atoms with Crippen LogP contribution in [-0.2, 0) is 24.4 Å². The van der Waals surface area contributed by atoms with Gasteiger partial charge in [0.05, 0.1) is 31.5 Å². The van der Waals surface area contributed by atoms with Crippen LogP contribution in [-0.4, -0.2) is 38.8 Å². The fourth-order valence-corrected chi connectivity index (χ4v) is 4.33. The molecule has 0 amide bonds. The molecule has 0 saturated carbocycles. The molecule has 3 aromatic heterocycles. The SMILES string of the molecule is COCCn1c(=O)c2c(C)c(Cn3[nH]ccc3=O)sc2n(CCC(F)(F)F)c1=O. The molecule has 158 valence electrons. The molecule has 0 radical (unpaired) electrons. The first-order valence-electron chi connectivity index (χ1n) is 8.69. The van der Waals surface area contributed by atoms with Gasteiger partial charge in [-0.15, -0.1) is 11.3 Å². The van der Waals surface area contributed by atoms with Crippen LogP contribution < -0.4 is 16.8 Å². The standard InChI is InChI=1S/C17H19F3N4O4S/c1-10-11(9-24-12(25)3-5-21-24)29-15-13(10)14(26)22(7-8-28-2)16(27)23(15)6-4-17(18,19)20/h3,5,21H,4,6-9H2,1-2H3. The average molecular weight is 432 g/mol. The number of thiophene rings is 1. The van der Waals surface area contributed by atoms with E-state index in [9.17, 15) is 27.6 Å². The zero-order chi connectivity index (χ0) is 21.3. The summed E-state index contributed by atoms with van der Waals surface area (Å²) in [4.78, 5) is 38.3. The lowest BCUT2D eigenvalue weighted by atomic mass is 10.2. The topological polar surface area (TPSA) is 91.0 Å². The Balaban J connectivity index is 2.21. The zero-order valence-corrected chi connectivity index (χ0v) is 16.5. The summed E-state index contributed by atoms with van der Waals surface area (Å²) in [6, 6.07) is 1.33. The first kappa shape index (κ1) is 21.1. The molecule has 0 spiro atoms. The van der Waals surface area contributed by atoms with Crippen molar-refractivity contribution in [3.05, 3.63) is 53.9 Å². The molecule has 12 heteroatoms. The number of nitrogens with one attached hydrogen (secondary N) is 1. The minimum Gasteiger partial charge on any atom is -0.383 e. The van der Waals surface area contributed by atoms with E-state index in [1.54, 1.807) is 6.92 Å². The highest BCUT2D eigenvalue weighted by Gasteiger charge is 2.28. The Bertz CT molecular complexity index is 1200. The van der Waals surface area contributed by atoms with Crippen molar-refractivity contribution >= 4 is 21.6 Å². The second-order valence-electron chi connectivity index (χ2n) is 6.47. The summed E-state index contributed by atoms with van der Waals surface area (Å²) in [5.74, 6) is 0. The van der Waals surface area contributed by atoms with E-state index in [0.717, 1.165) is 20.5 Å². The number of halogens is 3. The van der Waals surface area contributed by atoms with Crippen molar-refractivity contribution in [1.29, 1.82) is 0 Å². The molecule has 3 aromatic rings. The van der Waals surface area contributed by atoms with Crippen molar-refractivity contribution in [1.82, 2.24) is 18.9 Å². The summed E-state index contributed by atoms with van der Waals surface area (Å²) in [6.45, 7) is 1.16. The summed E-state index contributed by atoms with van der Waals surface area (Å²) in [5, 5.41) is 2.93. The Morgan fingerprint density at radius 1 is 1.17 bits per heavy atom. The normalized spacial score (nSPS) is 12.2. The zero-order valence-electron chi connectivity index (χ0n) is 15.7. The van der Waals surface area contributed by atoms with Crippen LogP contribution in [0, 0.1) is 6.92 Å². The molecule has 0 aromatic carbocycles.